The van der Waals surface area contributed by atoms with Crippen LogP contribution in [0.1, 0.15) is 68.8 Å². The third kappa shape index (κ3) is 9.52. The molecule has 4 aromatic rings. The Morgan fingerprint density at radius 2 is 1.70 bits per heavy atom. The lowest BCUT2D eigenvalue weighted by molar-refractivity contribution is 0.219. The molecule has 2 aromatic heterocycles. The van der Waals surface area contributed by atoms with Gasteiger partial charge < -0.3 is 24.8 Å². The molecule has 0 saturated carbocycles. The van der Waals surface area contributed by atoms with E-state index in [1.807, 2.05) is 11.8 Å². The van der Waals surface area contributed by atoms with Crippen molar-refractivity contribution in [3.05, 3.63) is 83.4 Å². The summed E-state index contributed by atoms with van der Waals surface area (Å²) >= 11 is 0. The second kappa shape index (κ2) is 16.2. The summed E-state index contributed by atoms with van der Waals surface area (Å²) in [6, 6.07) is 9.75. The third-order valence-corrected chi connectivity index (χ3v) is 10.2. The lowest BCUT2D eigenvalue weighted by Gasteiger charge is -2.33. The Morgan fingerprint density at radius 3 is 2.32 bits per heavy atom. The highest BCUT2D eigenvalue weighted by Crippen LogP contribution is 2.32. The number of aromatic nitrogens is 4. The first-order valence-electron chi connectivity index (χ1n) is 16.8. The molecule has 3 N–H and O–H groups in total. The number of benzene rings is 2. The maximum Gasteiger partial charge on any atom is 0.324 e. The molecule has 0 radical (unpaired) electrons. The molecule has 50 heavy (non-hydrogen) atoms. The highest BCUT2D eigenvalue weighted by molar-refractivity contribution is 7.85. The Labute approximate surface area is 291 Å². The summed E-state index contributed by atoms with van der Waals surface area (Å²) in [6.45, 7) is 11.5. The van der Waals surface area contributed by atoms with E-state index in [4.69, 9.17) is 19.5 Å². The Hall–Kier alpha value is -4.21. The van der Waals surface area contributed by atoms with Crippen LogP contribution in [0.5, 0.6) is 5.75 Å². The molecule has 3 atom stereocenters. The summed E-state index contributed by atoms with van der Waals surface area (Å²) in [6.07, 6.45) is 6.41. The zero-order valence-electron chi connectivity index (χ0n) is 28.7. The van der Waals surface area contributed by atoms with Crippen molar-refractivity contribution in [2.75, 3.05) is 42.6 Å². The van der Waals surface area contributed by atoms with Gasteiger partial charge in [-0.1, -0.05) is 43.6 Å². The van der Waals surface area contributed by atoms with Crippen molar-refractivity contribution >= 4 is 22.1 Å². The quantitative estimate of drug-likeness (QED) is 0.192. The fourth-order valence-electron chi connectivity index (χ4n) is 6.23. The third-order valence-electron chi connectivity index (χ3n) is 9.34. The van der Waals surface area contributed by atoms with Crippen LogP contribution in [0.4, 0.5) is 20.7 Å². The minimum Gasteiger partial charge on any atom is -0.490 e. The Balaban J connectivity index is 0.000000377. The molecule has 0 spiro atoms. The van der Waals surface area contributed by atoms with Gasteiger partial charge in [0.15, 0.2) is 11.6 Å². The first-order chi connectivity index (χ1) is 23.8. The molecule has 0 amide bonds. The molecule has 4 heterocycles. The van der Waals surface area contributed by atoms with E-state index in [2.05, 4.69) is 45.8 Å². The number of halogens is 2. The zero-order chi connectivity index (χ0) is 36.0. The minimum atomic E-state index is -4.02. The van der Waals surface area contributed by atoms with Crippen LogP contribution in [0.15, 0.2) is 64.3 Å². The van der Waals surface area contributed by atoms with Crippen molar-refractivity contribution in [3.63, 3.8) is 0 Å². The van der Waals surface area contributed by atoms with Gasteiger partial charge in [0.25, 0.3) is 10.1 Å². The van der Waals surface area contributed by atoms with Gasteiger partial charge in [-0.2, -0.15) is 13.4 Å². The van der Waals surface area contributed by atoms with Gasteiger partial charge in [-0.3, -0.25) is 4.55 Å². The van der Waals surface area contributed by atoms with Crippen LogP contribution < -0.4 is 20.3 Å². The fraction of sp³-hybridized carbons (Fsp3) is 0.486. The van der Waals surface area contributed by atoms with E-state index in [9.17, 15) is 17.2 Å². The highest BCUT2D eigenvalue weighted by atomic mass is 32.2. The molecule has 0 unspecified atom stereocenters. The van der Waals surface area contributed by atoms with Gasteiger partial charge in [-0.15, -0.1) is 0 Å². The Morgan fingerprint density at radius 1 is 1.02 bits per heavy atom. The summed E-state index contributed by atoms with van der Waals surface area (Å²) in [4.78, 5) is 17.4. The van der Waals surface area contributed by atoms with Crippen LogP contribution in [0, 0.1) is 30.4 Å². The molecule has 6 rings (SSSR count). The van der Waals surface area contributed by atoms with Gasteiger partial charge in [0.2, 0.25) is 5.95 Å². The molecule has 2 aromatic carbocycles. The predicted octanol–water partition coefficient (Wildman–Crippen LogP) is 5.76. The average molecular weight is 714 g/mol. The van der Waals surface area contributed by atoms with E-state index in [0.717, 1.165) is 55.9 Å². The summed E-state index contributed by atoms with van der Waals surface area (Å²) in [5, 5.41) is 4.08. The van der Waals surface area contributed by atoms with E-state index < -0.39 is 21.8 Å². The topological polar surface area (TPSA) is 161 Å². The number of hydrogen-bond donors (Lipinski definition) is 2. The lowest BCUT2D eigenvalue weighted by Crippen LogP contribution is -2.36. The minimum absolute atomic E-state index is 0.0666. The molecular formula is C35H45F2N7O5S. The van der Waals surface area contributed by atoms with E-state index >= 15 is 0 Å². The molecule has 0 bridgehead atoms. The van der Waals surface area contributed by atoms with Crippen LogP contribution in [-0.4, -0.2) is 71.9 Å². The maximum absolute atomic E-state index is 14.3. The Kier molecular flexibility index (Phi) is 12.0. The first kappa shape index (κ1) is 37.1. The second-order valence-electron chi connectivity index (χ2n) is 13.4. The van der Waals surface area contributed by atoms with Crippen molar-refractivity contribution in [1.82, 2.24) is 20.1 Å². The molecule has 12 nitrogen and oxygen atoms in total. The maximum atomic E-state index is 14.3. The number of piperidine rings is 1. The van der Waals surface area contributed by atoms with Gasteiger partial charge in [0, 0.05) is 44.1 Å². The molecule has 15 heteroatoms. The van der Waals surface area contributed by atoms with Crippen LogP contribution in [-0.2, 0) is 10.1 Å². The average Bonchev–Trinajstić information content (AvgIpc) is 3.74. The van der Waals surface area contributed by atoms with Crippen molar-refractivity contribution in [3.8, 4) is 5.75 Å². The van der Waals surface area contributed by atoms with Crippen molar-refractivity contribution in [1.29, 1.82) is 0 Å². The van der Waals surface area contributed by atoms with Gasteiger partial charge >= 0.3 is 6.01 Å². The van der Waals surface area contributed by atoms with E-state index in [-0.39, 0.29) is 22.8 Å². The molecule has 2 aliphatic heterocycles. The van der Waals surface area contributed by atoms with Crippen LogP contribution in [0.2, 0.25) is 0 Å². The predicted molar refractivity (Wildman–Crippen MR) is 185 cm³/mol. The van der Waals surface area contributed by atoms with Gasteiger partial charge in [-0.25, -0.2) is 18.7 Å². The van der Waals surface area contributed by atoms with Crippen LogP contribution >= 0.6 is 0 Å². The SMILES string of the molecule is CC(C)c1noc(N2CCC([C@H](C)CCOc3cnc(N4C[C@H](c5cc(F)ccc5F)[C@@H](N)C4)nc3)CC2)n1.Cc1ccc(S(=O)(=O)O)cc1. The van der Waals surface area contributed by atoms with E-state index in [0.29, 0.717) is 54.8 Å². The van der Waals surface area contributed by atoms with Gasteiger partial charge in [0.1, 0.15) is 11.6 Å². The number of nitrogens with zero attached hydrogens (tertiary/aromatic N) is 6. The summed E-state index contributed by atoms with van der Waals surface area (Å²) in [5.41, 5.74) is 7.52. The zero-order valence-corrected chi connectivity index (χ0v) is 29.6. The largest absolute Gasteiger partial charge is 0.490 e. The molecule has 2 saturated heterocycles. The lowest BCUT2D eigenvalue weighted by atomic mass is 9.84. The van der Waals surface area contributed by atoms with Crippen LogP contribution in [0.3, 0.4) is 0 Å². The smallest absolute Gasteiger partial charge is 0.324 e. The monoisotopic (exact) mass is 713 g/mol. The van der Waals surface area contributed by atoms with E-state index in [1.54, 1.807) is 24.5 Å². The highest BCUT2D eigenvalue weighted by Gasteiger charge is 2.34. The standard InChI is InChI=1S/C28H37F2N7O2.C7H8O3S/c1-17(2)26-34-28(39-35-26)36-9-6-19(7-10-36)18(3)8-11-38-21-13-32-27(33-14-21)37-15-23(25(31)16-37)22-12-20(29)4-5-24(22)30;1-6-2-4-7(5-3-6)11(8,9)10/h4-5,12-14,17-19,23,25H,6-11,15-16,31H2,1-3H3;2-5H,1H3,(H,8,9,10)/t18-,23-,25+;/m1./s1. The number of rotatable bonds is 10. The molecule has 0 aliphatic carbocycles. The molecular weight excluding hydrogens is 668 g/mol. The summed E-state index contributed by atoms with van der Waals surface area (Å²) in [5.74, 6) is 1.99. The fourth-order valence-corrected chi connectivity index (χ4v) is 6.71. The van der Waals surface area contributed by atoms with Gasteiger partial charge in [0.05, 0.1) is 23.9 Å². The molecule has 2 aliphatic rings. The second-order valence-corrected chi connectivity index (χ2v) is 14.8. The number of anilines is 2. The van der Waals surface area contributed by atoms with Crippen molar-refractivity contribution in [2.24, 2.45) is 17.6 Å². The summed E-state index contributed by atoms with van der Waals surface area (Å²) in [7, 11) is -4.02. The van der Waals surface area contributed by atoms with Crippen molar-refractivity contribution < 1.29 is 31.0 Å². The normalized spacial score (nSPS) is 19.0. The number of hydrogen-bond acceptors (Lipinski definition) is 11. The number of ether oxygens (including phenoxy) is 1. The van der Waals surface area contributed by atoms with E-state index in [1.165, 1.54) is 18.2 Å². The Bertz CT molecular complexity index is 1800. The summed E-state index contributed by atoms with van der Waals surface area (Å²) < 4.78 is 68.9. The van der Waals surface area contributed by atoms with Crippen molar-refractivity contribution in [2.45, 2.75) is 69.7 Å². The van der Waals surface area contributed by atoms with Gasteiger partial charge in [-0.05, 0) is 73.9 Å². The molecule has 270 valence electrons. The number of aryl methyl sites for hydroxylation is 1. The first-order valence-corrected chi connectivity index (χ1v) is 18.3. The number of nitrogens with two attached hydrogens (primary N) is 1. The molecule has 2 fully saturated rings. The van der Waals surface area contributed by atoms with Crippen LogP contribution in [0.25, 0.3) is 0 Å².